The van der Waals surface area contributed by atoms with Crippen molar-refractivity contribution in [3.63, 3.8) is 0 Å². The van der Waals surface area contributed by atoms with E-state index in [-0.39, 0.29) is 17.0 Å². The summed E-state index contributed by atoms with van der Waals surface area (Å²) in [4.78, 5) is 35.8. The minimum atomic E-state index is -0.490. The summed E-state index contributed by atoms with van der Waals surface area (Å²) < 4.78 is 0. The molecule has 2 aromatic rings. The van der Waals surface area contributed by atoms with E-state index in [2.05, 4.69) is 24.5 Å². The molecular weight excluding hydrogens is 292 g/mol. The number of hydrogen-bond acceptors (Lipinski definition) is 3. The third-order valence-electron chi connectivity index (χ3n) is 3.85. The van der Waals surface area contributed by atoms with Crippen molar-refractivity contribution >= 4 is 23.4 Å². The molecule has 2 N–H and O–H groups in total. The van der Waals surface area contributed by atoms with Gasteiger partial charge >= 0.3 is 0 Å². The van der Waals surface area contributed by atoms with Gasteiger partial charge in [0.15, 0.2) is 0 Å². The number of hydrogen-bond donors (Lipinski definition) is 2. The second kappa shape index (κ2) is 5.68. The lowest BCUT2D eigenvalue weighted by Gasteiger charge is -2.10. The standard InChI is InChI=1S/C18H16N2O3/c1-10(2)11-6-8-12(9-7-11)16(21)19-14-5-3-4-13-15(14)18(23)20-17(13)22/h3-10H,1-2H3,(H,19,21)(H,20,22,23). The van der Waals surface area contributed by atoms with Crippen molar-refractivity contribution in [1.82, 2.24) is 5.32 Å². The van der Waals surface area contributed by atoms with Crippen LogP contribution in [0, 0.1) is 0 Å². The Morgan fingerprint density at radius 2 is 1.70 bits per heavy atom. The minimum Gasteiger partial charge on any atom is -0.321 e. The lowest BCUT2D eigenvalue weighted by Crippen LogP contribution is -2.20. The van der Waals surface area contributed by atoms with Crippen molar-refractivity contribution in [3.05, 3.63) is 64.7 Å². The third-order valence-corrected chi connectivity index (χ3v) is 3.85. The highest BCUT2D eigenvalue weighted by Gasteiger charge is 2.29. The molecule has 5 heteroatoms. The average molecular weight is 308 g/mol. The van der Waals surface area contributed by atoms with Crippen LogP contribution in [-0.4, -0.2) is 17.7 Å². The first kappa shape index (κ1) is 15.0. The number of imide groups is 1. The van der Waals surface area contributed by atoms with Crippen LogP contribution in [0.4, 0.5) is 5.69 Å². The maximum atomic E-state index is 12.4. The monoisotopic (exact) mass is 308 g/mol. The number of fused-ring (bicyclic) bond motifs is 1. The molecule has 3 amide bonds. The largest absolute Gasteiger partial charge is 0.321 e. The molecule has 2 aromatic carbocycles. The van der Waals surface area contributed by atoms with E-state index in [4.69, 9.17) is 0 Å². The highest BCUT2D eigenvalue weighted by Crippen LogP contribution is 2.25. The Kier molecular flexibility index (Phi) is 3.70. The molecule has 1 aliphatic heterocycles. The molecule has 0 spiro atoms. The summed E-state index contributed by atoms with van der Waals surface area (Å²) in [5, 5.41) is 4.93. The van der Waals surface area contributed by atoms with Crippen molar-refractivity contribution in [1.29, 1.82) is 0 Å². The van der Waals surface area contributed by atoms with E-state index in [0.717, 1.165) is 5.56 Å². The lowest BCUT2D eigenvalue weighted by atomic mass is 10.0. The molecule has 0 atom stereocenters. The molecule has 0 bridgehead atoms. The fourth-order valence-corrected chi connectivity index (χ4v) is 2.54. The Morgan fingerprint density at radius 3 is 2.35 bits per heavy atom. The number of anilines is 1. The fourth-order valence-electron chi connectivity index (χ4n) is 2.54. The van der Waals surface area contributed by atoms with Crippen LogP contribution in [0.3, 0.4) is 0 Å². The number of amides is 3. The van der Waals surface area contributed by atoms with E-state index in [1.54, 1.807) is 30.3 Å². The van der Waals surface area contributed by atoms with Gasteiger partial charge in [0, 0.05) is 5.56 Å². The van der Waals surface area contributed by atoms with Gasteiger partial charge in [-0.05, 0) is 35.7 Å². The smallest absolute Gasteiger partial charge is 0.261 e. The highest BCUT2D eigenvalue weighted by atomic mass is 16.2. The van der Waals surface area contributed by atoms with E-state index in [9.17, 15) is 14.4 Å². The van der Waals surface area contributed by atoms with Crippen molar-refractivity contribution in [3.8, 4) is 0 Å². The van der Waals surface area contributed by atoms with Gasteiger partial charge in [-0.2, -0.15) is 0 Å². The van der Waals surface area contributed by atoms with Gasteiger partial charge < -0.3 is 5.32 Å². The van der Waals surface area contributed by atoms with E-state index >= 15 is 0 Å². The van der Waals surface area contributed by atoms with E-state index in [1.807, 2.05) is 12.1 Å². The Morgan fingerprint density at radius 1 is 1.00 bits per heavy atom. The summed E-state index contributed by atoms with van der Waals surface area (Å²) in [6.07, 6.45) is 0. The molecule has 0 aliphatic carbocycles. The van der Waals surface area contributed by atoms with Gasteiger partial charge in [0.25, 0.3) is 17.7 Å². The minimum absolute atomic E-state index is 0.213. The first-order chi connectivity index (χ1) is 11.0. The summed E-state index contributed by atoms with van der Waals surface area (Å²) in [5.74, 6) is -0.862. The van der Waals surface area contributed by atoms with E-state index in [1.165, 1.54) is 0 Å². The summed E-state index contributed by atoms with van der Waals surface area (Å²) in [7, 11) is 0. The molecule has 0 fully saturated rings. The Balaban J connectivity index is 1.87. The topological polar surface area (TPSA) is 75.3 Å². The van der Waals surface area contributed by atoms with Gasteiger partial charge in [0.1, 0.15) is 0 Å². The Labute approximate surface area is 133 Å². The van der Waals surface area contributed by atoms with Crippen LogP contribution >= 0.6 is 0 Å². The lowest BCUT2D eigenvalue weighted by molar-refractivity contribution is 0.0879. The maximum Gasteiger partial charge on any atom is 0.261 e. The first-order valence-corrected chi connectivity index (χ1v) is 7.37. The number of nitrogens with one attached hydrogen (secondary N) is 2. The molecule has 116 valence electrons. The second-order valence-electron chi connectivity index (χ2n) is 5.74. The zero-order valence-electron chi connectivity index (χ0n) is 12.8. The summed E-state index contributed by atoms with van der Waals surface area (Å²) >= 11 is 0. The van der Waals surface area contributed by atoms with Crippen LogP contribution in [0.1, 0.15) is 56.4 Å². The predicted octanol–water partition coefficient (Wildman–Crippen LogP) is 2.95. The Hall–Kier alpha value is -2.95. The molecule has 0 saturated carbocycles. The second-order valence-corrected chi connectivity index (χ2v) is 5.74. The molecule has 0 aromatic heterocycles. The van der Waals surface area contributed by atoms with Crippen LogP contribution in [0.2, 0.25) is 0 Å². The molecule has 5 nitrogen and oxygen atoms in total. The zero-order chi connectivity index (χ0) is 16.6. The van der Waals surface area contributed by atoms with Gasteiger partial charge in [-0.1, -0.05) is 32.0 Å². The first-order valence-electron chi connectivity index (χ1n) is 7.37. The van der Waals surface area contributed by atoms with Gasteiger partial charge in [-0.25, -0.2) is 0 Å². The van der Waals surface area contributed by atoms with Crippen molar-refractivity contribution in [2.75, 3.05) is 5.32 Å². The molecule has 0 saturated heterocycles. The van der Waals surface area contributed by atoms with Crippen LogP contribution in [-0.2, 0) is 0 Å². The van der Waals surface area contributed by atoms with E-state index < -0.39 is 11.8 Å². The maximum absolute atomic E-state index is 12.4. The van der Waals surface area contributed by atoms with Crippen LogP contribution < -0.4 is 10.6 Å². The number of rotatable bonds is 3. The van der Waals surface area contributed by atoms with Crippen molar-refractivity contribution in [2.45, 2.75) is 19.8 Å². The molecule has 0 unspecified atom stereocenters. The number of benzene rings is 2. The van der Waals surface area contributed by atoms with Crippen molar-refractivity contribution < 1.29 is 14.4 Å². The van der Waals surface area contributed by atoms with Gasteiger partial charge in [-0.3, -0.25) is 19.7 Å². The summed E-state index contributed by atoms with van der Waals surface area (Å²) in [6, 6.07) is 12.1. The third kappa shape index (κ3) is 2.73. The zero-order valence-corrected chi connectivity index (χ0v) is 12.8. The molecular formula is C18H16N2O3. The Bertz CT molecular complexity index is 808. The van der Waals surface area contributed by atoms with Gasteiger partial charge in [-0.15, -0.1) is 0 Å². The normalized spacial score (nSPS) is 13.0. The molecule has 3 rings (SSSR count). The molecule has 1 aliphatic rings. The summed E-state index contributed by atoms with van der Waals surface area (Å²) in [6.45, 7) is 4.16. The molecule has 23 heavy (non-hydrogen) atoms. The molecule has 1 heterocycles. The average Bonchev–Trinajstić information content (AvgIpc) is 2.83. The van der Waals surface area contributed by atoms with Gasteiger partial charge in [0.2, 0.25) is 0 Å². The predicted molar refractivity (Wildman–Crippen MR) is 86.7 cm³/mol. The van der Waals surface area contributed by atoms with Crippen LogP contribution in [0.5, 0.6) is 0 Å². The summed E-state index contributed by atoms with van der Waals surface area (Å²) in [5.41, 5.74) is 2.47. The fraction of sp³-hybridized carbons (Fsp3) is 0.167. The van der Waals surface area contributed by atoms with Crippen molar-refractivity contribution in [2.24, 2.45) is 0 Å². The molecule has 0 radical (unpaired) electrons. The highest BCUT2D eigenvalue weighted by molar-refractivity contribution is 6.25. The SMILES string of the molecule is CC(C)c1ccc(C(=O)Nc2cccc3c2C(=O)NC3=O)cc1. The van der Waals surface area contributed by atoms with Gasteiger partial charge in [0.05, 0.1) is 16.8 Å². The van der Waals surface area contributed by atoms with Crippen LogP contribution in [0.25, 0.3) is 0 Å². The number of carbonyl (C=O) groups excluding carboxylic acids is 3. The quantitative estimate of drug-likeness (QED) is 0.856. The number of carbonyl (C=O) groups is 3. The van der Waals surface area contributed by atoms with E-state index in [0.29, 0.717) is 17.2 Å². The van der Waals surface area contributed by atoms with Crippen LogP contribution in [0.15, 0.2) is 42.5 Å².